The summed E-state index contributed by atoms with van der Waals surface area (Å²) in [4.78, 5) is 12.5. The van der Waals surface area contributed by atoms with E-state index in [0.717, 1.165) is 22.1 Å². The van der Waals surface area contributed by atoms with Crippen LogP contribution in [-0.2, 0) is 11.3 Å². The summed E-state index contributed by atoms with van der Waals surface area (Å²) in [6, 6.07) is 28.3. The first kappa shape index (κ1) is 17.1. The van der Waals surface area contributed by atoms with E-state index in [1.54, 1.807) is 6.92 Å². The van der Waals surface area contributed by atoms with E-state index in [1.165, 1.54) is 10.8 Å². The van der Waals surface area contributed by atoms with Gasteiger partial charge in [-0.25, -0.2) is 0 Å². The number of amides is 1. The van der Waals surface area contributed by atoms with Gasteiger partial charge in [0.25, 0.3) is 5.91 Å². The Hall–Kier alpha value is -3.33. The van der Waals surface area contributed by atoms with Crippen LogP contribution in [0, 0.1) is 0 Å². The van der Waals surface area contributed by atoms with Crippen LogP contribution in [0.15, 0.2) is 84.9 Å². The fourth-order valence-corrected chi connectivity index (χ4v) is 3.22. The minimum atomic E-state index is -0.573. The molecule has 0 aliphatic rings. The Kier molecular flexibility index (Phi) is 4.75. The highest BCUT2D eigenvalue weighted by molar-refractivity contribution is 5.89. The van der Waals surface area contributed by atoms with Gasteiger partial charge in [-0.3, -0.25) is 4.79 Å². The van der Waals surface area contributed by atoms with Crippen LogP contribution in [0.2, 0.25) is 0 Å². The highest BCUT2D eigenvalue weighted by Crippen LogP contribution is 2.26. The van der Waals surface area contributed by atoms with E-state index in [1.807, 2.05) is 60.7 Å². The van der Waals surface area contributed by atoms with Gasteiger partial charge >= 0.3 is 0 Å². The summed E-state index contributed by atoms with van der Waals surface area (Å²) in [5, 5.41) is 7.44. The van der Waals surface area contributed by atoms with E-state index in [9.17, 15) is 4.79 Å². The second-order valence-corrected chi connectivity index (χ2v) is 6.64. The first-order valence-corrected chi connectivity index (χ1v) is 9.10. The Morgan fingerprint density at radius 2 is 1.56 bits per heavy atom. The Balaban J connectivity index is 1.42. The molecule has 0 aromatic heterocycles. The number of hydrogen-bond donors (Lipinski definition) is 1. The van der Waals surface area contributed by atoms with Crippen molar-refractivity contribution < 1.29 is 9.53 Å². The van der Waals surface area contributed by atoms with Crippen LogP contribution in [0.5, 0.6) is 5.75 Å². The minimum Gasteiger partial charge on any atom is -0.480 e. The molecule has 4 aromatic rings. The number of benzene rings is 4. The maximum atomic E-state index is 12.5. The molecule has 0 unspecified atom stereocenters. The summed E-state index contributed by atoms with van der Waals surface area (Å²) in [6.07, 6.45) is -0.573. The van der Waals surface area contributed by atoms with Gasteiger partial charge in [0.2, 0.25) is 0 Å². The van der Waals surface area contributed by atoms with Crippen molar-refractivity contribution in [3.05, 3.63) is 90.5 Å². The van der Waals surface area contributed by atoms with Gasteiger partial charge in [0, 0.05) is 11.9 Å². The molecule has 0 spiro atoms. The van der Waals surface area contributed by atoms with Crippen molar-refractivity contribution in [1.29, 1.82) is 0 Å². The van der Waals surface area contributed by atoms with Crippen LogP contribution in [0.4, 0.5) is 0 Å². The van der Waals surface area contributed by atoms with Gasteiger partial charge in [-0.05, 0) is 40.8 Å². The third-order valence-electron chi connectivity index (χ3n) is 4.70. The number of rotatable bonds is 5. The quantitative estimate of drug-likeness (QED) is 0.542. The molecule has 134 valence electrons. The molecule has 4 aromatic carbocycles. The summed E-state index contributed by atoms with van der Waals surface area (Å²) >= 11 is 0. The molecular formula is C24H21NO2. The molecule has 1 N–H and O–H groups in total. The highest BCUT2D eigenvalue weighted by atomic mass is 16.5. The van der Waals surface area contributed by atoms with E-state index in [4.69, 9.17) is 4.74 Å². The molecule has 0 aliphatic heterocycles. The van der Waals surface area contributed by atoms with Crippen LogP contribution in [0.1, 0.15) is 12.5 Å². The van der Waals surface area contributed by atoms with Crippen LogP contribution in [0.3, 0.4) is 0 Å². The second kappa shape index (κ2) is 7.50. The van der Waals surface area contributed by atoms with E-state index in [2.05, 4.69) is 29.6 Å². The molecule has 0 bridgehead atoms. The molecular weight excluding hydrogens is 334 g/mol. The molecule has 0 aliphatic carbocycles. The molecule has 4 rings (SSSR count). The maximum absolute atomic E-state index is 12.5. The molecule has 27 heavy (non-hydrogen) atoms. The zero-order chi connectivity index (χ0) is 18.6. The van der Waals surface area contributed by atoms with Crippen molar-refractivity contribution in [3.8, 4) is 5.75 Å². The molecule has 1 atom stereocenters. The summed E-state index contributed by atoms with van der Waals surface area (Å²) in [5.41, 5.74) is 1.07. The predicted molar refractivity (Wildman–Crippen MR) is 110 cm³/mol. The first-order valence-electron chi connectivity index (χ1n) is 9.10. The van der Waals surface area contributed by atoms with Crippen molar-refractivity contribution in [1.82, 2.24) is 5.32 Å². The van der Waals surface area contributed by atoms with Crippen molar-refractivity contribution in [2.45, 2.75) is 19.6 Å². The van der Waals surface area contributed by atoms with E-state index >= 15 is 0 Å². The lowest BCUT2D eigenvalue weighted by Gasteiger charge is -2.16. The minimum absolute atomic E-state index is 0.129. The zero-order valence-electron chi connectivity index (χ0n) is 15.2. The van der Waals surface area contributed by atoms with Crippen molar-refractivity contribution in [2.75, 3.05) is 0 Å². The number of nitrogens with one attached hydrogen (secondary N) is 1. The molecule has 1 amide bonds. The molecule has 0 saturated carbocycles. The lowest BCUT2D eigenvalue weighted by atomic mass is 10.1. The predicted octanol–water partition coefficient (Wildman–Crippen LogP) is 5.08. The van der Waals surface area contributed by atoms with Gasteiger partial charge in [0.1, 0.15) is 5.75 Å². The zero-order valence-corrected chi connectivity index (χ0v) is 15.2. The first-order chi connectivity index (χ1) is 13.2. The number of carbonyl (C=O) groups is 1. The molecule has 0 heterocycles. The van der Waals surface area contributed by atoms with Gasteiger partial charge in [-0.1, -0.05) is 72.8 Å². The van der Waals surface area contributed by atoms with E-state index < -0.39 is 6.10 Å². The average molecular weight is 355 g/mol. The number of hydrogen-bond acceptors (Lipinski definition) is 2. The molecule has 0 radical (unpaired) electrons. The molecule has 0 fully saturated rings. The fraction of sp³-hybridized carbons (Fsp3) is 0.125. The Morgan fingerprint density at radius 1 is 0.852 bits per heavy atom. The van der Waals surface area contributed by atoms with Crippen LogP contribution < -0.4 is 10.1 Å². The number of ether oxygens (including phenoxy) is 1. The summed E-state index contributed by atoms with van der Waals surface area (Å²) < 4.78 is 5.94. The third-order valence-corrected chi connectivity index (χ3v) is 4.70. The molecule has 0 saturated heterocycles. The maximum Gasteiger partial charge on any atom is 0.261 e. The fourth-order valence-electron chi connectivity index (χ4n) is 3.22. The van der Waals surface area contributed by atoms with Crippen LogP contribution in [-0.4, -0.2) is 12.0 Å². The van der Waals surface area contributed by atoms with Crippen LogP contribution >= 0.6 is 0 Å². The van der Waals surface area contributed by atoms with E-state index in [-0.39, 0.29) is 5.91 Å². The standard InChI is InChI=1S/C24H21NO2/c1-17(27-23-12-6-10-20-8-4-5-11-22(20)23)24(26)25-16-18-13-14-19-7-2-3-9-21(19)15-18/h2-15,17H,16H2,1H3,(H,25,26)/t17-/m0/s1. The smallest absolute Gasteiger partial charge is 0.261 e. The molecule has 3 nitrogen and oxygen atoms in total. The van der Waals surface area contributed by atoms with Gasteiger partial charge in [-0.2, -0.15) is 0 Å². The van der Waals surface area contributed by atoms with Crippen LogP contribution in [0.25, 0.3) is 21.5 Å². The second-order valence-electron chi connectivity index (χ2n) is 6.64. The van der Waals surface area contributed by atoms with E-state index in [0.29, 0.717) is 6.54 Å². The Labute approximate surface area is 158 Å². The molecule has 3 heteroatoms. The Morgan fingerprint density at radius 3 is 2.41 bits per heavy atom. The number of fused-ring (bicyclic) bond motifs is 2. The van der Waals surface area contributed by atoms with Crippen molar-refractivity contribution in [3.63, 3.8) is 0 Å². The van der Waals surface area contributed by atoms with Gasteiger partial charge in [0.05, 0.1) is 0 Å². The SMILES string of the molecule is C[C@H](Oc1cccc2ccccc12)C(=O)NCc1ccc2ccccc2c1. The monoisotopic (exact) mass is 355 g/mol. The van der Waals surface area contributed by atoms with Crippen molar-refractivity contribution >= 4 is 27.5 Å². The number of carbonyl (C=O) groups excluding carboxylic acids is 1. The summed E-state index contributed by atoms with van der Waals surface area (Å²) in [5.74, 6) is 0.595. The topological polar surface area (TPSA) is 38.3 Å². The lowest BCUT2D eigenvalue weighted by molar-refractivity contribution is -0.127. The summed E-state index contributed by atoms with van der Waals surface area (Å²) in [6.45, 7) is 2.25. The lowest BCUT2D eigenvalue weighted by Crippen LogP contribution is -2.35. The largest absolute Gasteiger partial charge is 0.480 e. The van der Waals surface area contributed by atoms with Gasteiger partial charge in [0.15, 0.2) is 6.10 Å². The Bertz CT molecular complexity index is 1100. The summed E-state index contributed by atoms with van der Waals surface area (Å²) in [7, 11) is 0. The normalized spacial score (nSPS) is 12.0. The average Bonchev–Trinajstić information content (AvgIpc) is 2.72. The van der Waals surface area contributed by atoms with Gasteiger partial charge in [-0.15, -0.1) is 0 Å². The highest BCUT2D eigenvalue weighted by Gasteiger charge is 2.15. The third kappa shape index (κ3) is 3.77. The van der Waals surface area contributed by atoms with Gasteiger partial charge < -0.3 is 10.1 Å². The van der Waals surface area contributed by atoms with Crippen molar-refractivity contribution in [2.24, 2.45) is 0 Å².